The number of alkyl halides is 2. The van der Waals surface area contributed by atoms with Crippen molar-refractivity contribution in [1.29, 1.82) is 0 Å². The second kappa shape index (κ2) is 6.36. The first-order chi connectivity index (χ1) is 12.2. The Morgan fingerprint density at radius 3 is 2.46 bits per heavy atom. The Labute approximate surface area is 148 Å². The van der Waals surface area contributed by atoms with Crippen LogP contribution in [0.1, 0.15) is 43.1 Å². The van der Waals surface area contributed by atoms with Gasteiger partial charge in [-0.05, 0) is 38.5 Å². The van der Waals surface area contributed by atoms with Crippen LogP contribution in [0.5, 0.6) is 0 Å². The average molecular weight is 360 g/mol. The van der Waals surface area contributed by atoms with Crippen LogP contribution >= 0.6 is 0 Å². The molecule has 0 aliphatic heterocycles. The van der Waals surface area contributed by atoms with Gasteiger partial charge in [-0.15, -0.1) is 0 Å². The highest BCUT2D eigenvalue weighted by Crippen LogP contribution is 2.35. The Morgan fingerprint density at radius 1 is 1.27 bits per heavy atom. The number of aromatic nitrogens is 3. The highest BCUT2D eigenvalue weighted by Gasteiger charge is 2.22. The molecule has 136 valence electrons. The lowest BCUT2D eigenvalue weighted by molar-refractivity contribution is -0.111. The maximum Gasteiger partial charge on any atom is 0.295 e. The number of aromatic amines is 1. The number of allylic oxidation sites excluding steroid dienone is 2. The van der Waals surface area contributed by atoms with Gasteiger partial charge in [0.2, 0.25) is 0 Å². The van der Waals surface area contributed by atoms with Crippen molar-refractivity contribution in [3.8, 4) is 11.1 Å². The summed E-state index contributed by atoms with van der Waals surface area (Å²) in [6.45, 7) is 7.03. The lowest BCUT2D eigenvalue weighted by Crippen LogP contribution is -2.39. The summed E-state index contributed by atoms with van der Waals surface area (Å²) in [7, 11) is 0. The largest absolute Gasteiger partial charge is 0.402 e. The maximum absolute atomic E-state index is 13.2. The summed E-state index contributed by atoms with van der Waals surface area (Å²) in [6, 6.07) is 3.58. The summed E-state index contributed by atoms with van der Waals surface area (Å²) < 4.78 is 31.6. The molecule has 3 rings (SSSR count). The number of fused-ring (bicyclic) bond motifs is 1. The van der Waals surface area contributed by atoms with E-state index in [0.29, 0.717) is 45.0 Å². The van der Waals surface area contributed by atoms with Crippen molar-refractivity contribution in [1.82, 2.24) is 15.1 Å². The fourth-order valence-corrected chi connectivity index (χ4v) is 3.21. The van der Waals surface area contributed by atoms with Gasteiger partial charge in [-0.3, -0.25) is 5.41 Å². The molecule has 0 amide bonds. The van der Waals surface area contributed by atoms with E-state index in [4.69, 9.17) is 15.7 Å². The lowest BCUT2D eigenvalue weighted by atomic mass is 9.94. The van der Waals surface area contributed by atoms with Gasteiger partial charge in [0.15, 0.2) is 11.5 Å². The van der Waals surface area contributed by atoms with Crippen molar-refractivity contribution in [2.45, 2.75) is 34.1 Å². The molecule has 0 atom stereocenters. The molecule has 2 heterocycles. The SMILES string of the molecule is CC(=[NH2+])C(=C(C)N)c1cc(-c2c(C)noc2C)cc2[nH]c(C(F)F)nc12. The third kappa shape index (κ3) is 2.87. The van der Waals surface area contributed by atoms with Crippen molar-refractivity contribution >= 4 is 22.3 Å². The molecule has 5 N–H and O–H groups in total. The Kier molecular flexibility index (Phi) is 4.35. The van der Waals surface area contributed by atoms with Crippen LogP contribution in [0.2, 0.25) is 0 Å². The number of halogens is 2. The molecule has 0 spiro atoms. The van der Waals surface area contributed by atoms with Crippen LogP contribution in [0, 0.1) is 13.8 Å². The summed E-state index contributed by atoms with van der Waals surface area (Å²) in [4.78, 5) is 6.75. The van der Waals surface area contributed by atoms with Crippen LogP contribution in [0.15, 0.2) is 22.4 Å². The summed E-state index contributed by atoms with van der Waals surface area (Å²) >= 11 is 0. The van der Waals surface area contributed by atoms with E-state index in [-0.39, 0.29) is 0 Å². The summed E-state index contributed by atoms with van der Waals surface area (Å²) in [5.41, 5.74) is 11.2. The van der Waals surface area contributed by atoms with Crippen LogP contribution in [0.25, 0.3) is 27.7 Å². The standard InChI is InChI=1S/C18H19F2N5O/c1-7(21)14(8(2)22)12-5-11(15-9(3)25-26-10(15)4)6-13-16(12)24-18(23-13)17(19)20/h5-6,17,21H,22H2,1-4H3,(H,23,24)/p+1. The number of hydrogen-bond acceptors (Lipinski definition) is 4. The summed E-state index contributed by atoms with van der Waals surface area (Å²) in [5, 5.41) is 9.98. The predicted octanol–water partition coefficient (Wildman–Crippen LogP) is 2.68. The van der Waals surface area contributed by atoms with Gasteiger partial charge >= 0.3 is 0 Å². The monoisotopic (exact) mass is 360 g/mol. The van der Waals surface area contributed by atoms with Gasteiger partial charge in [0.05, 0.1) is 22.3 Å². The number of nitrogens with two attached hydrogens (primary N) is 2. The highest BCUT2D eigenvalue weighted by atomic mass is 19.3. The molecule has 2 aromatic heterocycles. The summed E-state index contributed by atoms with van der Waals surface area (Å²) in [5.74, 6) is 0.228. The molecule has 0 bridgehead atoms. The van der Waals surface area contributed by atoms with Gasteiger partial charge < -0.3 is 15.2 Å². The zero-order chi connectivity index (χ0) is 19.2. The van der Waals surface area contributed by atoms with Crippen LogP contribution < -0.4 is 11.1 Å². The topological polar surface area (TPSA) is 106 Å². The molecule has 0 unspecified atom stereocenters. The van der Waals surface area contributed by atoms with Crippen molar-refractivity contribution in [3.63, 3.8) is 0 Å². The second-order valence-corrected chi connectivity index (χ2v) is 6.28. The van der Waals surface area contributed by atoms with E-state index in [1.165, 1.54) is 0 Å². The van der Waals surface area contributed by atoms with Crippen LogP contribution in [-0.4, -0.2) is 20.8 Å². The molecule has 6 nitrogen and oxygen atoms in total. The number of rotatable bonds is 4. The van der Waals surface area contributed by atoms with E-state index in [2.05, 4.69) is 15.1 Å². The average Bonchev–Trinajstić information content (AvgIpc) is 3.10. The number of nitrogens with one attached hydrogen (secondary N) is 1. The van der Waals surface area contributed by atoms with Crippen molar-refractivity contribution in [3.05, 3.63) is 40.7 Å². The number of aryl methyl sites for hydroxylation is 2. The Bertz CT molecular complexity index is 1020. The van der Waals surface area contributed by atoms with Crippen LogP contribution in [-0.2, 0) is 0 Å². The molecule has 0 aliphatic rings. The molecular formula is C18H20F2N5O+. The third-order valence-corrected chi connectivity index (χ3v) is 4.19. The first kappa shape index (κ1) is 17.8. The minimum atomic E-state index is -2.72. The quantitative estimate of drug-likeness (QED) is 0.622. The van der Waals surface area contributed by atoms with Gasteiger partial charge in [-0.2, -0.15) is 0 Å². The maximum atomic E-state index is 13.2. The van der Waals surface area contributed by atoms with E-state index < -0.39 is 12.2 Å². The van der Waals surface area contributed by atoms with Crippen LogP contribution in [0.3, 0.4) is 0 Å². The Morgan fingerprint density at radius 2 is 1.96 bits per heavy atom. The Hall–Kier alpha value is -3.03. The molecule has 0 radical (unpaired) electrons. The van der Waals surface area contributed by atoms with Gasteiger partial charge in [-0.1, -0.05) is 5.16 Å². The van der Waals surface area contributed by atoms with Gasteiger partial charge in [0, 0.05) is 23.7 Å². The number of hydrogen-bond donors (Lipinski definition) is 3. The molecule has 0 saturated carbocycles. The molecule has 0 fully saturated rings. The smallest absolute Gasteiger partial charge is 0.295 e. The van der Waals surface area contributed by atoms with Gasteiger partial charge in [0.1, 0.15) is 5.76 Å². The van der Waals surface area contributed by atoms with Crippen LogP contribution in [0.4, 0.5) is 8.78 Å². The normalized spacial score (nSPS) is 12.7. The summed E-state index contributed by atoms with van der Waals surface area (Å²) in [6.07, 6.45) is -2.72. The van der Waals surface area contributed by atoms with Gasteiger partial charge in [-0.25, -0.2) is 13.8 Å². The predicted molar refractivity (Wildman–Crippen MR) is 95.4 cm³/mol. The molecule has 1 aromatic carbocycles. The first-order valence-corrected chi connectivity index (χ1v) is 8.01. The molecular weight excluding hydrogens is 340 g/mol. The van der Waals surface area contributed by atoms with Crippen molar-refractivity contribution < 1.29 is 18.7 Å². The number of H-pyrrole nitrogens is 1. The number of imidazole rings is 1. The molecule has 0 aliphatic carbocycles. The van der Waals surface area contributed by atoms with E-state index in [1.54, 1.807) is 26.8 Å². The zero-order valence-corrected chi connectivity index (χ0v) is 14.9. The number of nitrogens with zero attached hydrogens (tertiary/aromatic N) is 2. The van der Waals surface area contributed by atoms with Gasteiger partial charge in [0.25, 0.3) is 6.43 Å². The van der Waals surface area contributed by atoms with E-state index in [9.17, 15) is 8.78 Å². The van der Waals surface area contributed by atoms with E-state index in [1.807, 2.05) is 13.0 Å². The molecule has 3 aromatic rings. The number of benzene rings is 1. The van der Waals surface area contributed by atoms with E-state index in [0.717, 1.165) is 11.1 Å². The minimum absolute atomic E-state index is 0.389. The molecule has 0 saturated heterocycles. The second-order valence-electron chi connectivity index (χ2n) is 6.28. The molecule has 26 heavy (non-hydrogen) atoms. The third-order valence-electron chi connectivity index (χ3n) is 4.19. The first-order valence-electron chi connectivity index (χ1n) is 8.01. The van der Waals surface area contributed by atoms with Crippen molar-refractivity contribution in [2.75, 3.05) is 0 Å². The molecule has 8 heteroatoms. The zero-order valence-electron chi connectivity index (χ0n) is 14.9. The lowest BCUT2D eigenvalue weighted by Gasteiger charge is -2.10. The fourth-order valence-electron chi connectivity index (χ4n) is 3.21. The fraction of sp³-hybridized carbons (Fsp3) is 0.278. The Balaban J connectivity index is 2.41. The minimum Gasteiger partial charge on any atom is -0.402 e. The highest BCUT2D eigenvalue weighted by molar-refractivity contribution is 6.23. The van der Waals surface area contributed by atoms with Crippen molar-refractivity contribution in [2.24, 2.45) is 5.73 Å². The van der Waals surface area contributed by atoms with E-state index >= 15 is 0 Å².